The van der Waals surface area contributed by atoms with Gasteiger partial charge in [-0.1, -0.05) is 26.8 Å². The minimum absolute atomic E-state index is 0.776. The fourth-order valence-corrected chi connectivity index (χ4v) is 2.88. The third-order valence-electron chi connectivity index (χ3n) is 4.41. The molecule has 0 aliphatic carbocycles. The maximum Gasteiger partial charge on any atom is 0.128 e. The number of hydrogen-bond donors (Lipinski definition) is 1. The topological polar surface area (TPSA) is 28.2 Å². The van der Waals surface area contributed by atoms with E-state index in [-0.39, 0.29) is 0 Å². The Morgan fingerprint density at radius 1 is 1.40 bits per heavy atom. The van der Waals surface area contributed by atoms with Crippen molar-refractivity contribution in [1.29, 1.82) is 0 Å². The monoisotopic (exact) mass is 275 g/mol. The molecular weight excluding hydrogens is 246 g/mol. The second-order valence-electron chi connectivity index (χ2n) is 6.33. The van der Waals surface area contributed by atoms with Gasteiger partial charge in [0.15, 0.2) is 0 Å². The zero-order valence-electron chi connectivity index (χ0n) is 13.4. The molecule has 1 aromatic rings. The van der Waals surface area contributed by atoms with Crippen LogP contribution in [0.25, 0.3) is 0 Å². The number of aryl methyl sites for hydroxylation is 1. The zero-order chi connectivity index (χ0) is 14.5. The highest BCUT2D eigenvalue weighted by molar-refractivity contribution is 5.42. The van der Waals surface area contributed by atoms with Gasteiger partial charge in [-0.05, 0) is 49.8 Å². The molecule has 1 atom stereocenters. The van der Waals surface area contributed by atoms with Gasteiger partial charge in [0.1, 0.15) is 5.82 Å². The molecule has 2 rings (SSSR count). The number of nitrogens with one attached hydrogen (secondary N) is 1. The normalized spacial score (nSPS) is 19.1. The van der Waals surface area contributed by atoms with Gasteiger partial charge >= 0.3 is 0 Å². The Bertz CT molecular complexity index is 428. The van der Waals surface area contributed by atoms with Crippen LogP contribution in [0.15, 0.2) is 12.1 Å². The second kappa shape index (κ2) is 7.07. The predicted octanol–water partition coefficient (Wildman–Crippen LogP) is 3.37. The molecule has 1 aliphatic heterocycles. The minimum atomic E-state index is 0.776. The predicted molar refractivity (Wildman–Crippen MR) is 86.1 cm³/mol. The van der Waals surface area contributed by atoms with Gasteiger partial charge in [-0.3, -0.25) is 0 Å². The molecule has 0 spiro atoms. The van der Waals surface area contributed by atoms with Crippen molar-refractivity contribution in [3.8, 4) is 0 Å². The van der Waals surface area contributed by atoms with Crippen LogP contribution < -0.4 is 10.2 Å². The smallest absolute Gasteiger partial charge is 0.128 e. The van der Waals surface area contributed by atoms with Gasteiger partial charge in [0.25, 0.3) is 0 Å². The molecule has 1 fully saturated rings. The summed E-state index contributed by atoms with van der Waals surface area (Å²) in [7, 11) is 0. The van der Waals surface area contributed by atoms with Crippen LogP contribution in [0.4, 0.5) is 5.82 Å². The molecule has 2 heterocycles. The quantitative estimate of drug-likeness (QED) is 0.807. The molecule has 0 bridgehead atoms. The van der Waals surface area contributed by atoms with E-state index in [0.29, 0.717) is 0 Å². The van der Waals surface area contributed by atoms with Crippen molar-refractivity contribution in [3.05, 3.63) is 23.4 Å². The summed E-state index contributed by atoms with van der Waals surface area (Å²) in [5.41, 5.74) is 2.49. The lowest BCUT2D eigenvalue weighted by Gasteiger charge is -2.20. The molecule has 0 aromatic carbocycles. The summed E-state index contributed by atoms with van der Waals surface area (Å²) in [6, 6.07) is 4.43. The number of nitrogens with zero attached hydrogens (tertiary/aromatic N) is 2. The van der Waals surface area contributed by atoms with Gasteiger partial charge in [-0.2, -0.15) is 0 Å². The molecule has 20 heavy (non-hydrogen) atoms. The molecule has 1 unspecified atom stereocenters. The summed E-state index contributed by atoms with van der Waals surface area (Å²) in [6.45, 7) is 13.3. The minimum Gasteiger partial charge on any atom is -0.356 e. The van der Waals surface area contributed by atoms with Gasteiger partial charge in [0.2, 0.25) is 0 Å². The number of anilines is 1. The summed E-state index contributed by atoms with van der Waals surface area (Å²) in [4.78, 5) is 7.26. The first-order valence-electron chi connectivity index (χ1n) is 8.04. The fraction of sp³-hybridized carbons (Fsp3) is 0.706. The van der Waals surface area contributed by atoms with Crippen molar-refractivity contribution in [3.63, 3.8) is 0 Å². The van der Waals surface area contributed by atoms with Gasteiger partial charge in [-0.25, -0.2) is 4.98 Å². The van der Waals surface area contributed by atoms with Crippen LogP contribution >= 0.6 is 0 Å². The lowest BCUT2D eigenvalue weighted by atomic mass is 9.95. The largest absolute Gasteiger partial charge is 0.356 e. The Kier molecular flexibility index (Phi) is 5.41. The molecule has 1 aromatic heterocycles. The van der Waals surface area contributed by atoms with E-state index in [9.17, 15) is 0 Å². The van der Waals surface area contributed by atoms with E-state index in [1.807, 2.05) is 0 Å². The molecule has 0 radical (unpaired) electrons. The van der Waals surface area contributed by atoms with Crippen LogP contribution in [0.1, 0.15) is 44.9 Å². The highest BCUT2D eigenvalue weighted by Crippen LogP contribution is 2.27. The third kappa shape index (κ3) is 3.72. The molecule has 3 nitrogen and oxygen atoms in total. The van der Waals surface area contributed by atoms with Crippen LogP contribution in [0.3, 0.4) is 0 Å². The van der Waals surface area contributed by atoms with Crippen LogP contribution in [0, 0.1) is 18.8 Å². The maximum atomic E-state index is 4.81. The van der Waals surface area contributed by atoms with Crippen molar-refractivity contribution in [2.45, 2.75) is 47.1 Å². The molecule has 1 N–H and O–H groups in total. The Balaban J connectivity index is 1.98. The van der Waals surface area contributed by atoms with E-state index in [4.69, 9.17) is 4.98 Å². The van der Waals surface area contributed by atoms with Crippen LogP contribution in [-0.4, -0.2) is 24.6 Å². The second-order valence-corrected chi connectivity index (χ2v) is 6.33. The van der Waals surface area contributed by atoms with E-state index in [0.717, 1.165) is 43.8 Å². The molecule has 3 heteroatoms. The molecule has 0 amide bonds. The summed E-state index contributed by atoms with van der Waals surface area (Å²) >= 11 is 0. The highest BCUT2D eigenvalue weighted by atomic mass is 15.2. The van der Waals surface area contributed by atoms with Crippen LogP contribution in [-0.2, 0) is 6.54 Å². The highest BCUT2D eigenvalue weighted by Gasteiger charge is 2.25. The van der Waals surface area contributed by atoms with Crippen molar-refractivity contribution in [2.24, 2.45) is 11.8 Å². The lowest BCUT2D eigenvalue weighted by Crippen LogP contribution is -2.23. The fourth-order valence-electron chi connectivity index (χ4n) is 2.88. The van der Waals surface area contributed by atoms with Crippen LogP contribution in [0.2, 0.25) is 0 Å². The Morgan fingerprint density at radius 2 is 2.20 bits per heavy atom. The Labute approximate surface area is 123 Å². The van der Waals surface area contributed by atoms with Crippen molar-refractivity contribution < 1.29 is 0 Å². The van der Waals surface area contributed by atoms with Gasteiger partial charge in [0.05, 0.1) is 0 Å². The molecule has 112 valence electrons. The van der Waals surface area contributed by atoms with Crippen molar-refractivity contribution in [1.82, 2.24) is 10.3 Å². The van der Waals surface area contributed by atoms with E-state index >= 15 is 0 Å². The maximum absolute atomic E-state index is 4.81. The number of pyridine rings is 1. The van der Waals surface area contributed by atoms with E-state index in [1.165, 1.54) is 24.1 Å². The average molecular weight is 275 g/mol. The summed E-state index contributed by atoms with van der Waals surface area (Å²) < 4.78 is 0. The number of rotatable bonds is 6. The van der Waals surface area contributed by atoms with Crippen molar-refractivity contribution >= 4 is 5.82 Å². The standard InChI is InChI=1S/C17H29N3/c1-5-9-18-11-15-6-7-17(19-14(15)4)20-10-8-16(12-20)13(2)3/h6-7,13,16,18H,5,8-12H2,1-4H3. The van der Waals surface area contributed by atoms with Gasteiger partial charge in [-0.15, -0.1) is 0 Å². The first-order valence-corrected chi connectivity index (χ1v) is 8.04. The summed E-state index contributed by atoms with van der Waals surface area (Å²) in [5, 5.41) is 3.45. The first-order chi connectivity index (χ1) is 9.61. The number of hydrogen-bond acceptors (Lipinski definition) is 3. The molecule has 1 aliphatic rings. The SMILES string of the molecule is CCCNCc1ccc(N2CCC(C(C)C)C2)nc1C. The first kappa shape index (κ1) is 15.3. The van der Waals surface area contributed by atoms with Gasteiger partial charge in [0, 0.05) is 25.3 Å². The Morgan fingerprint density at radius 3 is 2.80 bits per heavy atom. The van der Waals surface area contributed by atoms with Crippen LogP contribution in [0.5, 0.6) is 0 Å². The Hall–Kier alpha value is -1.09. The molecular formula is C17H29N3. The van der Waals surface area contributed by atoms with E-state index < -0.39 is 0 Å². The summed E-state index contributed by atoms with van der Waals surface area (Å²) in [5.74, 6) is 2.76. The van der Waals surface area contributed by atoms with E-state index in [1.54, 1.807) is 0 Å². The van der Waals surface area contributed by atoms with E-state index in [2.05, 4.69) is 50.0 Å². The van der Waals surface area contributed by atoms with Crippen molar-refractivity contribution in [2.75, 3.05) is 24.5 Å². The number of aromatic nitrogens is 1. The lowest BCUT2D eigenvalue weighted by molar-refractivity contribution is 0.422. The zero-order valence-corrected chi connectivity index (χ0v) is 13.4. The molecule has 1 saturated heterocycles. The molecule has 0 saturated carbocycles. The summed E-state index contributed by atoms with van der Waals surface area (Å²) in [6.07, 6.45) is 2.48. The van der Waals surface area contributed by atoms with Gasteiger partial charge < -0.3 is 10.2 Å². The third-order valence-corrected chi connectivity index (χ3v) is 4.41. The average Bonchev–Trinajstić information content (AvgIpc) is 2.90.